The highest BCUT2D eigenvalue weighted by Crippen LogP contribution is 2.33. The number of hydrogen-bond donors (Lipinski definition) is 0. The van der Waals surface area contributed by atoms with Gasteiger partial charge in [0.15, 0.2) is 0 Å². The molecule has 0 spiro atoms. The van der Waals surface area contributed by atoms with Crippen LogP contribution in [0.5, 0.6) is 0 Å². The topological polar surface area (TPSA) is 63.7 Å². The van der Waals surface area contributed by atoms with Gasteiger partial charge in [-0.1, -0.05) is 0 Å². The fourth-order valence-corrected chi connectivity index (χ4v) is 3.38. The van der Waals surface area contributed by atoms with Crippen LogP contribution in [-0.2, 0) is 14.3 Å². The molecule has 0 atom stereocenters. The Hall–Kier alpha value is -1.60. The summed E-state index contributed by atoms with van der Waals surface area (Å²) in [4.78, 5) is 37.4. The number of rotatable bonds is 4. The van der Waals surface area contributed by atoms with Crippen molar-refractivity contribution < 1.29 is 19.1 Å². The zero-order valence-electron chi connectivity index (χ0n) is 11.0. The Labute approximate surface area is 124 Å². The fourth-order valence-electron chi connectivity index (χ4n) is 1.62. The van der Waals surface area contributed by atoms with Crippen molar-refractivity contribution in [2.75, 3.05) is 13.2 Å². The number of ether oxygens (including phenoxy) is 1. The van der Waals surface area contributed by atoms with Crippen LogP contribution >= 0.6 is 23.1 Å². The van der Waals surface area contributed by atoms with Crippen LogP contribution in [0.15, 0.2) is 16.4 Å². The van der Waals surface area contributed by atoms with Crippen molar-refractivity contribution in [3.05, 3.63) is 26.8 Å². The molecular formula is C13H13NO4S2. The van der Waals surface area contributed by atoms with Crippen molar-refractivity contribution in [1.82, 2.24) is 4.90 Å². The van der Waals surface area contributed by atoms with E-state index < -0.39 is 17.1 Å². The second-order valence-electron chi connectivity index (χ2n) is 4.04. The minimum absolute atomic E-state index is 0.222. The number of thiophene rings is 1. The number of carbonyl (C=O) groups excluding carboxylic acids is 3. The van der Waals surface area contributed by atoms with Gasteiger partial charge in [-0.15, -0.1) is 11.3 Å². The van der Waals surface area contributed by atoms with Gasteiger partial charge in [0, 0.05) is 4.88 Å². The number of nitrogens with zero attached hydrogens (tertiary/aromatic N) is 1. The molecule has 1 saturated heterocycles. The molecule has 0 aliphatic carbocycles. The molecule has 1 aromatic heterocycles. The Morgan fingerprint density at radius 3 is 2.80 bits per heavy atom. The second-order valence-corrected chi connectivity index (χ2v) is 5.98. The molecule has 2 rings (SSSR count). The molecule has 5 nitrogen and oxygen atoms in total. The largest absolute Gasteiger partial charge is 0.465 e. The highest BCUT2D eigenvalue weighted by molar-refractivity contribution is 8.18. The second kappa shape index (κ2) is 6.23. The smallest absolute Gasteiger partial charge is 0.326 e. The summed E-state index contributed by atoms with van der Waals surface area (Å²) in [7, 11) is 0. The molecular weight excluding hydrogens is 298 g/mol. The maximum atomic E-state index is 12.1. The Balaban J connectivity index is 2.15. The zero-order chi connectivity index (χ0) is 14.7. The van der Waals surface area contributed by atoms with Crippen molar-refractivity contribution in [3.8, 4) is 0 Å². The lowest BCUT2D eigenvalue weighted by atomic mass is 10.2. The van der Waals surface area contributed by atoms with E-state index in [1.165, 1.54) is 11.3 Å². The maximum absolute atomic E-state index is 12.1. The molecule has 20 heavy (non-hydrogen) atoms. The van der Waals surface area contributed by atoms with E-state index in [2.05, 4.69) is 0 Å². The molecule has 7 heteroatoms. The summed E-state index contributed by atoms with van der Waals surface area (Å²) in [6.07, 6.45) is 1.69. The van der Waals surface area contributed by atoms with Gasteiger partial charge in [0.1, 0.15) is 6.54 Å². The average Bonchev–Trinajstić information content (AvgIpc) is 2.90. The van der Waals surface area contributed by atoms with Gasteiger partial charge in [0.2, 0.25) is 0 Å². The molecule has 106 valence electrons. The lowest BCUT2D eigenvalue weighted by molar-refractivity contribution is -0.145. The van der Waals surface area contributed by atoms with E-state index >= 15 is 0 Å². The third-order valence-electron chi connectivity index (χ3n) is 2.63. The van der Waals surface area contributed by atoms with E-state index in [0.717, 1.165) is 27.1 Å². The molecule has 2 amide bonds. The van der Waals surface area contributed by atoms with Gasteiger partial charge in [0.05, 0.1) is 11.5 Å². The van der Waals surface area contributed by atoms with Crippen LogP contribution in [0.4, 0.5) is 4.79 Å². The third kappa shape index (κ3) is 3.10. The van der Waals surface area contributed by atoms with E-state index in [9.17, 15) is 14.4 Å². The van der Waals surface area contributed by atoms with Crippen molar-refractivity contribution >= 4 is 46.3 Å². The van der Waals surface area contributed by atoms with Gasteiger partial charge in [-0.25, -0.2) is 0 Å². The van der Waals surface area contributed by atoms with Crippen LogP contribution in [0.3, 0.4) is 0 Å². The van der Waals surface area contributed by atoms with Crippen molar-refractivity contribution in [3.63, 3.8) is 0 Å². The first-order chi connectivity index (χ1) is 9.52. The molecule has 0 saturated carbocycles. The molecule has 1 fully saturated rings. The summed E-state index contributed by atoms with van der Waals surface area (Å²) in [5.74, 6) is -1.02. The highest BCUT2D eigenvalue weighted by atomic mass is 32.2. The number of amides is 2. The first kappa shape index (κ1) is 14.8. The van der Waals surface area contributed by atoms with Gasteiger partial charge < -0.3 is 4.74 Å². The van der Waals surface area contributed by atoms with Crippen LogP contribution in [-0.4, -0.2) is 35.2 Å². The molecule has 0 aromatic carbocycles. The Morgan fingerprint density at radius 1 is 1.45 bits per heavy atom. The highest BCUT2D eigenvalue weighted by Gasteiger charge is 2.36. The predicted octanol–water partition coefficient (Wildman–Crippen LogP) is 2.66. The molecule has 1 aliphatic heterocycles. The normalized spacial score (nSPS) is 17.1. The summed E-state index contributed by atoms with van der Waals surface area (Å²) < 4.78 is 4.75. The molecule has 0 unspecified atom stereocenters. The average molecular weight is 311 g/mol. The van der Waals surface area contributed by atoms with Crippen molar-refractivity contribution in [2.24, 2.45) is 0 Å². The number of hydrogen-bond acceptors (Lipinski definition) is 6. The number of thioether (sulfide) groups is 1. The molecule has 0 N–H and O–H groups in total. The molecule has 2 heterocycles. The third-order valence-corrected chi connectivity index (χ3v) is 4.50. The number of imide groups is 1. The first-order valence-electron chi connectivity index (χ1n) is 5.98. The zero-order valence-corrected chi connectivity index (χ0v) is 12.7. The van der Waals surface area contributed by atoms with Crippen LogP contribution in [0.25, 0.3) is 6.08 Å². The van der Waals surface area contributed by atoms with Crippen LogP contribution in [0.2, 0.25) is 0 Å². The Kier molecular flexibility index (Phi) is 4.61. The van der Waals surface area contributed by atoms with Gasteiger partial charge in [0.25, 0.3) is 11.1 Å². The molecule has 0 radical (unpaired) electrons. The summed E-state index contributed by atoms with van der Waals surface area (Å²) in [6, 6.07) is 1.94. The Bertz CT molecular complexity index is 591. The monoisotopic (exact) mass is 311 g/mol. The summed E-state index contributed by atoms with van der Waals surface area (Å²) in [6.45, 7) is 3.49. The van der Waals surface area contributed by atoms with Crippen LogP contribution < -0.4 is 0 Å². The van der Waals surface area contributed by atoms with Gasteiger partial charge >= 0.3 is 5.97 Å². The minimum atomic E-state index is -0.580. The van der Waals surface area contributed by atoms with Crippen LogP contribution in [0, 0.1) is 6.92 Å². The van der Waals surface area contributed by atoms with E-state index in [1.54, 1.807) is 13.0 Å². The molecule has 1 aromatic rings. The van der Waals surface area contributed by atoms with E-state index in [-0.39, 0.29) is 13.2 Å². The summed E-state index contributed by atoms with van der Waals surface area (Å²) >= 11 is 2.35. The predicted molar refractivity (Wildman–Crippen MR) is 78.4 cm³/mol. The molecule has 1 aliphatic rings. The fraction of sp³-hybridized carbons (Fsp3) is 0.308. The van der Waals surface area contributed by atoms with Gasteiger partial charge in [-0.3, -0.25) is 19.3 Å². The number of esters is 1. The minimum Gasteiger partial charge on any atom is -0.465 e. The number of carbonyl (C=O) groups is 3. The number of aryl methyl sites for hydroxylation is 1. The SMILES string of the molecule is CCOC(=O)CN1C(=O)S/C(=C/c2sccc2C)C1=O. The van der Waals surface area contributed by atoms with Gasteiger partial charge in [-0.2, -0.15) is 0 Å². The Morgan fingerprint density at radius 2 is 2.20 bits per heavy atom. The quantitative estimate of drug-likeness (QED) is 0.632. The van der Waals surface area contributed by atoms with E-state index in [0.29, 0.717) is 4.91 Å². The van der Waals surface area contributed by atoms with Crippen molar-refractivity contribution in [1.29, 1.82) is 0 Å². The van der Waals surface area contributed by atoms with E-state index in [4.69, 9.17) is 4.74 Å². The van der Waals surface area contributed by atoms with Crippen molar-refractivity contribution in [2.45, 2.75) is 13.8 Å². The maximum Gasteiger partial charge on any atom is 0.326 e. The standard InChI is InChI=1S/C13H13NO4S2/c1-3-18-11(15)7-14-12(16)10(20-13(14)17)6-9-8(2)4-5-19-9/h4-6H,3,7H2,1-2H3/b10-6+. The van der Waals surface area contributed by atoms with Gasteiger partial charge in [-0.05, 0) is 48.7 Å². The summed E-state index contributed by atoms with van der Waals surface area (Å²) in [5.41, 5.74) is 1.05. The lowest BCUT2D eigenvalue weighted by Crippen LogP contribution is -2.34. The van der Waals surface area contributed by atoms with E-state index in [1.807, 2.05) is 18.4 Å². The summed E-state index contributed by atoms with van der Waals surface area (Å²) in [5, 5.41) is 1.48. The lowest BCUT2D eigenvalue weighted by Gasteiger charge is -2.10. The molecule has 0 bridgehead atoms. The van der Waals surface area contributed by atoms with Crippen LogP contribution in [0.1, 0.15) is 17.4 Å². The first-order valence-corrected chi connectivity index (χ1v) is 7.67.